The lowest BCUT2D eigenvalue weighted by Gasteiger charge is -2.05. The number of anilines is 1. The third kappa shape index (κ3) is 2.84. The third-order valence-electron chi connectivity index (χ3n) is 2.36. The Morgan fingerprint density at radius 2 is 2.11 bits per heavy atom. The average molecular weight is 257 g/mol. The summed E-state index contributed by atoms with van der Waals surface area (Å²) in [7, 11) is 0. The van der Waals surface area contributed by atoms with Crippen molar-refractivity contribution in [2.24, 2.45) is 0 Å². The number of nitriles is 1. The number of hydrogen-bond donors (Lipinski definition) is 2. The van der Waals surface area contributed by atoms with E-state index >= 15 is 0 Å². The lowest BCUT2D eigenvalue weighted by molar-refractivity contribution is 0.102. The molecule has 0 aliphatic rings. The van der Waals surface area contributed by atoms with Gasteiger partial charge in [0, 0.05) is 11.8 Å². The Kier molecular flexibility index (Phi) is 3.39. The Hall–Kier alpha value is -2.94. The van der Waals surface area contributed by atoms with Gasteiger partial charge in [0.25, 0.3) is 5.91 Å². The highest BCUT2D eigenvalue weighted by atomic mass is 19.1. The van der Waals surface area contributed by atoms with Crippen LogP contribution in [0, 0.1) is 17.1 Å². The number of carbonyl (C=O) groups excluding carboxylic acids is 1. The molecule has 2 aromatic rings. The highest BCUT2D eigenvalue weighted by Gasteiger charge is 2.08. The Bertz CT molecular complexity index is 731. The largest absolute Gasteiger partial charge is 0.321 e. The minimum Gasteiger partial charge on any atom is -0.321 e. The topological polar surface area (TPSA) is 85.8 Å². The van der Waals surface area contributed by atoms with Crippen molar-refractivity contribution in [1.82, 2.24) is 4.98 Å². The molecule has 1 amide bonds. The average Bonchev–Trinajstić information content (AvgIpc) is 2.41. The van der Waals surface area contributed by atoms with E-state index in [0.29, 0.717) is 0 Å². The Labute approximate surface area is 107 Å². The number of aromatic nitrogens is 1. The number of carbonyl (C=O) groups is 1. The summed E-state index contributed by atoms with van der Waals surface area (Å²) in [4.78, 5) is 25.2. The number of hydrogen-bond acceptors (Lipinski definition) is 3. The van der Waals surface area contributed by atoms with Crippen LogP contribution in [0.5, 0.6) is 0 Å². The van der Waals surface area contributed by atoms with Crippen LogP contribution in [0.2, 0.25) is 0 Å². The molecule has 0 saturated carbocycles. The molecule has 1 heterocycles. The number of amides is 1. The molecule has 2 N–H and O–H groups in total. The van der Waals surface area contributed by atoms with E-state index in [1.165, 1.54) is 30.3 Å². The van der Waals surface area contributed by atoms with Crippen LogP contribution in [-0.2, 0) is 0 Å². The highest BCUT2D eigenvalue weighted by Crippen LogP contribution is 2.14. The van der Waals surface area contributed by atoms with Crippen LogP contribution < -0.4 is 10.9 Å². The maximum atomic E-state index is 13.1. The van der Waals surface area contributed by atoms with Crippen molar-refractivity contribution in [2.45, 2.75) is 0 Å². The number of benzene rings is 1. The van der Waals surface area contributed by atoms with Crippen molar-refractivity contribution in [3.05, 3.63) is 63.8 Å². The van der Waals surface area contributed by atoms with Crippen molar-refractivity contribution in [3.8, 4) is 6.07 Å². The van der Waals surface area contributed by atoms with Crippen LogP contribution in [0.25, 0.3) is 0 Å². The van der Waals surface area contributed by atoms with E-state index < -0.39 is 17.3 Å². The minimum absolute atomic E-state index is 0.0790. The van der Waals surface area contributed by atoms with E-state index in [1.807, 2.05) is 0 Å². The van der Waals surface area contributed by atoms with Gasteiger partial charge in [-0.05, 0) is 24.3 Å². The summed E-state index contributed by atoms with van der Waals surface area (Å²) < 4.78 is 13.1. The summed E-state index contributed by atoms with van der Waals surface area (Å²) in [6.07, 6.45) is 0. The van der Waals surface area contributed by atoms with Gasteiger partial charge in [-0.3, -0.25) is 9.59 Å². The zero-order valence-electron chi connectivity index (χ0n) is 9.61. The van der Waals surface area contributed by atoms with Crippen LogP contribution in [0.1, 0.15) is 16.1 Å². The lowest BCUT2D eigenvalue weighted by atomic mass is 10.2. The molecule has 0 saturated heterocycles. The molecule has 1 aromatic heterocycles. The molecule has 0 bridgehead atoms. The Balaban J connectivity index is 2.25. The van der Waals surface area contributed by atoms with Crippen LogP contribution in [-0.4, -0.2) is 10.9 Å². The van der Waals surface area contributed by atoms with Crippen molar-refractivity contribution >= 4 is 11.6 Å². The second-order valence-electron chi connectivity index (χ2n) is 3.69. The van der Waals surface area contributed by atoms with Crippen molar-refractivity contribution in [1.29, 1.82) is 5.26 Å². The number of rotatable bonds is 2. The predicted octanol–water partition coefficient (Wildman–Crippen LogP) is 1.64. The third-order valence-corrected chi connectivity index (χ3v) is 2.36. The predicted molar refractivity (Wildman–Crippen MR) is 66.1 cm³/mol. The van der Waals surface area contributed by atoms with E-state index in [-0.39, 0.29) is 16.9 Å². The SMILES string of the molecule is N#Cc1cc(NC(=O)c2cccc(=O)[nH]2)ccc1F. The standard InChI is InChI=1S/C13H8FN3O2/c14-10-5-4-9(6-8(10)7-15)16-13(19)11-2-1-3-12(18)17-11/h1-6H,(H,16,19)(H,17,18). The molecule has 6 heteroatoms. The van der Waals surface area contributed by atoms with Crippen molar-refractivity contribution in [2.75, 3.05) is 5.32 Å². The molecule has 1 aromatic carbocycles. The smallest absolute Gasteiger partial charge is 0.272 e. The molecule has 0 aliphatic heterocycles. The van der Waals surface area contributed by atoms with Gasteiger partial charge in [-0.1, -0.05) is 6.07 Å². The van der Waals surface area contributed by atoms with Gasteiger partial charge in [0.1, 0.15) is 17.6 Å². The normalized spacial score (nSPS) is 9.68. The second kappa shape index (κ2) is 5.14. The number of pyridine rings is 1. The first-order valence-corrected chi connectivity index (χ1v) is 5.30. The maximum Gasteiger partial charge on any atom is 0.272 e. The van der Waals surface area contributed by atoms with Gasteiger partial charge < -0.3 is 10.3 Å². The van der Waals surface area contributed by atoms with Gasteiger partial charge in [0.15, 0.2) is 0 Å². The first-order chi connectivity index (χ1) is 9.10. The van der Waals surface area contributed by atoms with Crippen LogP contribution in [0.3, 0.4) is 0 Å². The molecule has 0 unspecified atom stereocenters. The van der Waals surface area contributed by atoms with Gasteiger partial charge in [-0.25, -0.2) is 4.39 Å². The number of nitrogens with zero attached hydrogens (tertiary/aromatic N) is 1. The van der Waals surface area contributed by atoms with Crippen molar-refractivity contribution in [3.63, 3.8) is 0 Å². The molecule has 0 aliphatic carbocycles. The monoisotopic (exact) mass is 257 g/mol. The van der Waals surface area contributed by atoms with Crippen LogP contribution in [0.4, 0.5) is 10.1 Å². The summed E-state index contributed by atoms with van der Waals surface area (Å²) in [6.45, 7) is 0. The van der Waals surface area contributed by atoms with E-state index in [4.69, 9.17) is 5.26 Å². The molecule has 0 atom stereocenters. The lowest BCUT2D eigenvalue weighted by Crippen LogP contribution is -2.17. The molecular formula is C13H8FN3O2. The first-order valence-electron chi connectivity index (χ1n) is 5.30. The molecule has 5 nitrogen and oxygen atoms in total. The van der Waals surface area contributed by atoms with E-state index in [2.05, 4.69) is 10.3 Å². The zero-order valence-corrected chi connectivity index (χ0v) is 9.61. The van der Waals surface area contributed by atoms with Crippen LogP contribution >= 0.6 is 0 Å². The van der Waals surface area contributed by atoms with E-state index in [9.17, 15) is 14.0 Å². The molecule has 19 heavy (non-hydrogen) atoms. The van der Waals surface area contributed by atoms with Gasteiger partial charge in [0.2, 0.25) is 5.56 Å². The molecule has 0 spiro atoms. The Morgan fingerprint density at radius 1 is 1.32 bits per heavy atom. The minimum atomic E-state index is -0.659. The zero-order chi connectivity index (χ0) is 13.8. The highest BCUT2D eigenvalue weighted by molar-refractivity contribution is 6.02. The number of halogens is 1. The van der Waals surface area contributed by atoms with E-state index in [0.717, 1.165) is 6.07 Å². The second-order valence-corrected chi connectivity index (χ2v) is 3.69. The molecule has 2 rings (SSSR count). The quantitative estimate of drug-likeness (QED) is 0.857. The number of nitrogens with one attached hydrogen (secondary N) is 2. The van der Waals surface area contributed by atoms with Crippen molar-refractivity contribution < 1.29 is 9.18 Å². The van der Waals surface area contributed by atoms with Gasteiger partial charge in [-0.2, -0.15) is 5.26 Å². The fourth-order valence-corrected chi connectivity index (χ4v) is 1.47. The fraction of sp³-hybridized carbons (Fsp3) is 0. The maximum absolute atomic E-state index is 13.1. The molecular weight excluding hydrogens is 249 g/mol. The first kappa shape index (κ1) is 12.5. The summed E-state index contributed by atoms with van der Waals surface area (Å²) >= 11 is 0. The summed E-state index contributed by atoms with van der Waals surface area (Å²) in [6, 6.07) is 9.46. The van der Waals surface area contributed by atoms with Gasteiger partial charge >= 0.3 is 0 Å². The number of aromatic amines is 1. The Morgan fingerprint density at radius 3 is 2.79 bits per heavy atom. The van der Waals surface area contributed by atoms with Gasteiger partial charge in [-0.15, -0.1) is 0 Å². The van der Waals surface area contributed by atoms with Crippen LogP contribution in [0.15, 0.2) is 41.2 Å². The molecule has 0 fully saturated rings. The summed E-state index contributed by atoms with van der Waals surface area (Å²) in [5, 5.41) is 11.1. The summed E-state index contributed by atoms with van der Waals surface area (Å²) in [5.74, 6) is -1.21. The van der Waals surface area contributed by atoms with E-state index in [1.54, 1.807) is 6.07 Å². The fourth-order valence-electron chi connectivity index (χ4n) is 1.47. The van der Waals surface area contributed by atoms with Gasteiger partial charge in [0.05, 0.1) is 5.56 Å². The summed E-state index contributed by atoms with van der Waals surface area (Å²) in [5.41, 5.74) is -0.216. The molecule has 0 radical (unpaired) electrons. The number of H-pyrrole nitrogens is 1. The molecule has 94 valence electrons.